The van der Waals surface area contributed by atoms with E-state index in [-0.39, 0.29) is 30.2 Å². The highest BCUT2D eigenvalue weighted by Gasteiger charge is 2.31. The molecule has 2 unspecified atom stereocenters. The van der Waals surface area contributed by atoms with E-state index in [0.29, 0.717) is 11.5 Å². The van der Waals surface area contributed by atoms with E-state index in [2.05, 4.69) is 62.9 Å². The van der Waals surface area contributed by atoms with Gasteiger partial charge in [0.1, 0.15) is 5.75 Å². The molecule has 5 heteroatoms. The van der Waals surface area contributed by atoms with Crippen LogP contribution in [-0.2, 0) is 6.42 Å². The zero-order valence-corrected chi connectivity index (χ0v) is 21.7. The van der Waals surface area contributed by atoms with Crippen molar-refractivity contribution < 1.29 is 14.2 Å². The summed E-state index contributed by atoms with van der Waals surface area (Å²) < 4.78 is 20.1. The highest BCUT2D eigenvalue weighted by Crippen LogP contribution is 2.44. The monoisotopic (exact) mass is 483 g/mol. The molecule has 0 radical (unpaired) electrons. The quantitative estimate of drug-likeness (QED) is 0.402. The molecule has 0 amide bonds. The smallest absolute Gasteiger partial charge is 0.165 e. The normalized spacial score (nSPS) is 16.6. The van der Waals surface area contributed by atoms with E-state index in [9.17, 15) is 9.50 Å². The Morgan fingerprint density at radius 1 is 1.03 bits per heavy atom. The summed E-state index contributed by atoms with van der Waals surface area (Å²) in [4.78, 5) is 2.53. The Morgan fingerprint density at radius 3 is 2.26 bits per heavy atom. The zero-order valence-electron chi connectivity index (χ0n) is 20.9. The molecule has 0 saturated heterocycles. The summed E-state index contributed by atoms with van der Waals surface area (Å²) in [5, 5.41) is 9.92. The van der Waals surface area contributed by atoms with Crippen LogP contribution in [-0.4, -0.2) is 23.7 Å². The molecule has 4 rings (SSSR count). The molecule has 0 bridgehead atoms. The minimum atomic E-state index is -0.603. The van der Waals surface area contributed by atoms with E-state index < -0.39 is 5.82 Å². The van der Waals surface area contributed by atoms with Gasteiger partial charge in [-0.1, -0.05) is 44.2 Å². The third kappa shape index (κ3) is 4.67. The fourth-order valence-corrected chi connectivity index (χ4v) is 5.16. The number of nitrogens with zero attached hydrogens (tertiary/aromatic N) is 1. The molecular weight excluding hydrogens is 449 g/mol. The molecule has 1 N–H and O–H groups in total. The van der Waals surface area contributed by atoms with Crippen LogP contribution in [0.25, 0.3) is 11.1 Å². The largest absolute Gasteiger partial charge is 0.505 e. The van der Waals surface area contributed by atoms with Crippen LogP contribution < -0.4 is 4.74 Å². The van der Waals surface area contributed by atoms with Crippen molar-refractivity contribution in [3.05, 3.63) is 82.2 Å². The second kappa shape index (κ2) is 10.4. The lowest BCUT2D eigenvalue weighted by Gasteiger charge is -2.40. The van der Waals surface area contributed by atoms with Crippen molar-refractivity contribution >= 4 is 12.4 Å². The topological polar surface area (TPSA) is 32.7 Å². The SMILES string of the molecule is COc1ccc2c(c1-c1cc(C)c(O)c(F)c1)CCN(C(C)c1ccc(C(C)C)cc1)C2C.Cl. The van der Waals surface area contributed by atoms with Crippen molar-refractivity contribution in [2.75, 3.05) is 13.7 Å². The third-order valence-electron chi connectivity index (χ3n) is 7.22. The molecule has 0 fully saturated rings. The van der Waals surface area contributed by atoms with Crippen LogP contribution in [0.5, 0.6) is 11.5 Å². The molecule has 0 saturated carbocycles. The number of rotatable bonds is 5. The molecule has 34 heavy (non-hydrogen) atoms. The van der Waals surface area contributed by atoms with E-state index in [4.69, 9.17) is 4.74 Å². The molecule has 1 aliphatic heterocycles. The minimum absolute atomic E-state index is 0. The fourth-order valence-electron chi connectivity index (χ4n) is 5.16. The lowest BCUT2D eigenvalue weighted by Crippen LogP contribution is -2.36. The molecule has 0 aromatic heterocycles. The van der Waals surface area contributed by atoms with Gasteiger partial charge in [-0.3, -0.25) is 4.90 Å². The van der Waals surface area contributed by atoms with Crippen molar-refractivity contribution in [1.29, 1.82) is 0 Å². The molecule has 0 spiro atoms. The predicted octanol–water partition coefficient (Wildman–Crippen LogP) is 7.74. The average molecular weight is 484 g/mol. The molecule has 3 aromatic carbocycles. The Kier molecular flexibility index (Phi) is 7.95. The molecule has 1 aliphatic rings. The van der Waals surface area contributed by atoms with Gasteiger partial charge in [0.25, 0.3) is 0 Å². The number of phenols is 1. The number of halogens is 2. The van der Waals surface area contributed by atoms with Gasteiger partial charge in [-0.05, 0) is 84.7 Å². The molecule has 182 valence electrons. The number of methoxy groups -OCH3 is 1. The van der Waals surface area contributed by atoms with Gasteiger partial charge in [0, 0.05) is 24.2 Å². The number of hydrogen-bond acceptors (Lipinski definition) is 3. The Morgan fingerprint density at radius 2 is 1.68 bits per heavy atom. The number of fused-ring (bicyclic) bond motifs is 1. The highest BCUT2D eigenvalue weighted by atomic mass is 35.5. The Hall–Kier alpha value is -2.56. The summed E-state index contributed by atoms with van der Waals surface area (Å²) in [5.74, 6) is 0.362. The average Bonchev–Trinajstić information content (AvgIpc) is 2.81. The van der Waals surface area contributed by atoms with E-state index >= 15 is 0 Å². The van der Waals surface area contributed by atoms with Crippen LogP contribution >= 0.6 is 12.4 Å². The van der Waals surface area contributed by atoms with Gasteiger partial charge in [0.2, 0.25) is 0 Å². The first-order valence-corrected chi connectivity index (χ1v) is 11.8. The molecular formula is C29H35ClFNO2. The van der Waals surface area contributed by atoms with Gasteiger partial charge in [-0.25, -0.2) is 4.39 Å². The first-order chi connectivity index (χ1) is 15.7. The molecule has 1 heterocycles. The zero-order chi connectivity index (χ0) is 23.9. The minimum Gasteiger partial charge on any atom is -0.505 e. The number of benzene rings is 3. The second-order valence-corrected chi connectivity index (χ2v) is 9.50. The Balaban J connectivity index is 0.00000324. The molecule has 3 aromatic rings. The number of hydrogen-bond donors (Lipinski definition) is 1. The molecule has 3 nitrogen and oxygen atoms in total. The molecule has 0 aliphatic carbocycles. The van der Waals surface area contributed by atoms with Crippen LogP contribution in [0.15, 0.2) is 48.5 Å². The van der Waals surface area contributed by atoms with E-state index in [1.54, 1.807) is 14.0 Å². The number of aromatic hydroxyl groups is 1. The van der Waals surface area contributed by atoms with Crippen molar-refractivity contribution in [3.8, 4) is 22.6 Å². The van der Waals surface area contributed by atoms with Crippen molar-refractivity contribution in [2.45, 2.75) is 59.0 Å². The standard InChI is InChI=1S/C29H34FNO2.ClH/c1-17(2)21-7-9-22(10-8-21)19(4)31-14-13-25-24(20(31)5)11-12-27(33-6)28(25)23-15-18(3)29(32)26(30)16-23;/h7-12,15-17,19-20,32H,13-14H2,1-6H3;1H. The van der Waals surface area contributed by atoms with Gasteiger partial charge in [-0.2, -0.15) is 0 Å². The fraction of sp³-hybridized carbons (Fsp3) is 0.379. The summed E-state index contributed by atoms with van der Waals surface area (Å²) >= 11 is 0. The lowest BCUT2D eigenvalue weighted by molar-refractivity contribution is 0.144. The van der Waals surface area contributed by atoms with Gasteiger partial charge in [-0.15, -0.1) is 12.4 Å². The van der Waals surface area contributed by atoms with Crippen molar-refractivity contribution in [2.24, 2.45) is 0 Å². The Bertz CT molecular complexity index is 1140. The second-order valence-electron chi connectivity index (χ2n) is 9.50. The van der Waals surface area contributed by atoms with Gasteiger partial charge in [0.15, 0.2) is 11.6 Å². The highest BCUT2D eigenvalue weighted by molar-refractivity contribution is 5.85. The maximum atomic E-state index is 14.4. The summed E-state index contributed by atoms with van der Waals surface area (Å²) in [5.41, 5.74) is 7.31. The van der Waals surface area contributed by atoms with Crippen molar-refractivity contribution in [3.63, 3.8) is 0 Å². The summed E-state index contributed by atoms with van der Waals surface area (Å²) in [6, 6.07) is 16.9. The maximum Gasteiger partial charge on any atom is 0.165 e. The third-order valence-corrected chi connectivity index (χ3v) is 7.22. The summed E-state index contributed by atoms with van der Waals surface area (Å²) in [6.07, 6.45) is 0.849. The van der Waals surface area contributed by atoms with Crippen molar-refractivity contribution in [1.82, 2.24) is 4.90 Å². The van der Waals surface area contributed by atoms with Crippen LogP contribution in [0.4, 0.5) is 4.39 Å². The predicted molar refractivity (Wildman–Crippen MR) is 140 cm³/mol. The van der Waals surface area contributed by atoms with Crippen LogP contribution in [0.2, 0.25) is 0 Å². The Labute approximate surface area is 209 Å². The van der Waals surface area contributed by atoms with Gasteiger partial charge in [0.05, 0.1) is 7.11 Å². The number of ether oxygens (including phenoxy) is 1. The van der Waals surface area contributed by atoms with Crippen LogP contribution in [0.1, 0.15) is 73.5 Å². The molecule has 2 atom stereocenters. The van der Waals surface area contributed by atoms with Gasteiger partial charge >= 0.3 is 0 Å². The first kappa shape index (κ1) is 26.1. The lowest BCUT2D eigenvalue weighted by atomic mass is 9.85. The first-order valence-electron chi connectivity index (χ1n) is 11.8. The van der Waals surface area contributed by atoms with Crippen LogP contribution in [0.3, 0.4) is 0 Å². The summed E-state index contributed by atoms with van der Waals surface area (Å²) in [6.45, 7) is 11.6. The maximum absolute atomic E-state index is 14.4. The number of aryl methyl sites for hydroxylation is 1. The number of phenolic OH excluding ortho intramolecular Hbond substituents is 1. The van der Waals surface area contributed by atoms with E-state index in [0.717, 1.165) is 29.8 Å². The van der Waals surface area contributed by atoms with Gasteiger partial charge < -0.3 is 9.84 Å². The van der Waals surface area contributed by atoms with Crippen LogP contribution in [0, 0.1) is 12.7 Å². The summed E-state index contributed by atoms with van der Waals surface area (Å²) in [7, 11) is 1.65. The van der Waals surface area contributed by atoms with E-state index in [1.165, 1.54) is 28.3 Å². The van der Waals surface area contributed by atoms with E-state index in [1.807, 2.05) is 12.1 Å².